The van der Waals surface area contributed by atoms with Gasteiger partial charge in [0.2, 0.25) is 5.92 Å². The average Bonchev–Trinajstić information content (AvgIpc) is 2.92. The van der Waals surface area contributed by atoms with Crippen molar-refractivity contribution in [1.29, 1.82) is 0 Å². The monoisotopic (exact) mass is 542 g/mol. The molecule has 0 spiro atoms. The fourth-order valence-corrected chi connectivity index (χ4v) is 4.85. The Morgan fingerprint density at radius 1 is 1.19 bits per heavy atom. The van der Waals surface area contributed by atoms with Gasteiger partial charge in [0.05, 0.1) is 15.3 Å². The SMILES string of the molecule is CC(C)(C)OC(=O)N=[S@](C)(=O)c1cccc(NC(=O)c2ccc(Cl)nc2N2CCCC(F)(F)CC2)c1. The maximum atomic E-state index is 13.9. The summed E-state index contributed by atoms with van der Waals surface area (Å²) in [6.07, 6.45) is 0.00783. The molecule has 0 aliphatic carbocycles. The number of rotatable bonds is 4. The maximum Gasteiger partial charge on any atom is 0.442 e. The summed E-state index contributed by atoms with van der Waals surface area (Å²) in [7, 11) is -3.16. The van der Waals surface area contributed by atoms with Crippen molar-refractivity contribution in [2.75, 3.05) is 29.6 Å². The number of anilines is 2. The van der Waals surface area contributed by atoms with E-state index in [4.69, 9.17) is 16.3 Å². The molecule has 3 rings (SSSR count). The van der Waals surface area contributed by atoms with Crippen LogP contribution in [0.25, 0.3) is 0 Å². The van der Waals surface area contributed by atoms with Crippen LogP contribution in [-0.4, -0.2) is 52.1 Å². The number of nitrogens with one attached hydrogen (secondary N) is 1. The van der Waals surface area contributed by atoms with Crippen molar-refractivity contribution in [3.05, 3.63) is 47.1 Å². The Balaban J connectivity index is 1.85. The summed E-state index contributed by atoms with van der Waals surface area (Å²) in [5.41, 5.74) is -0.333. The van der Waals surface area contributed by atoms with Crippen LogP contribution in [0.4, 0.5) is 25.1 Å². The predicted molar refractivity (Wildman–Crippen MR) is 136 cm³/mol. The first-order valence-electron chi connectivity index (χ1n) is 11.3. The minimum Gasteiger partial charge on any atom is -0.442 e. The molecule has 0 radical (unpaired) electrons. The van der Waals surface area contributed by atoms with Crippen LogP contribution in [0.5, 0.6) is 0 Å². The predicted octanol–water partition coefficient (Wildman–Crippen LogP) is 6.00. The molecule has 1 aromatic carbocycles. The molecule has 1 fully saturated rings. The van der Waals surface area contributed by atoms with Gasteiger partial charge in [0.15, 0.2) is 0 Å². The Kier molecular flexibility index (Phi) is 8.24. The number of nitrogens with zero attached hydrogens (tertiary/aromatic N) is 3. The molecule has 8 nitrogen and oxygen atoms in total. The second kappa shape index (κ2) is 10.7. The number of amides is 2. The topological polar surface area (TPSA) is 101 Å². The summed E-state index contributed by atoms with van der Waals surface area (Å²) in [5.74, 6) is -3.10. The molecule has 12 heteroatoms. The number of carbonyl (C=O) groups is 2. The Morgan fingerprint density at radius 3 is 2.61 bits per heavy atom. The molecule has 1 aliphatic rings. The van der Waals surface area contributed by atoms with Gasteiger partial charge in [0, 0.05) is 42.8 Å². The molecule has 1 aromatic heterocycles. The minimum atomic E-state index is -3.16. The standard InChI is InChI=1S/C24H29ClF2N4O4S/c1-23(2,3)35-22(33)30-36(4,34)17-8-5-7-16(15-17)28-21(32)18-9-10-19(25)29-20(18)31-13-6-11-24(26,27)12-14-31/h5,7-10,15H,6,11-14H2,1-4H3,(H,28,32)/t36-/m1/s1. The van der Waals surface area contributed by atoms with Gasteiger partial charge in [-0.15, -0.1) is 4.36 Å². The van der Waals surface area contributed by atoms with E-state index in [1.54, 1.807) is 37.8 Å². The zero-order valence-corrected chi connectivity index (χ0v) is 22.1. The first-order valence-corrected chi connectivity index (χ1v) is 13.6. The molecule has 196 valence electrons. The number of aromatic nitrogens is 1. The molecule has 36 heavy (non-hydrogen) atoms. The molecular formula is C24H29ClF2N4O4S. The summed E-state index contributed by atoms with van der Waals surface area (Å²) in [4.78, 5) is 31.3. The average molecular weight is 543 g/mol. The highest BCUT2D eigenvalue weighted by Gasteiger charge is 2.33. The van der Waals surface area contributed by atoms with Gasteiger partial charge in [-0.25, -0.2) is 22.8 Å². The Bertz CT molecular complexity index is 1270. The van der Waals surface area contributed by atoms with E-state index in [0.29, 0.717) is 12.2 Å². The van der Waals surface area contributed by atoms with E-state index >= 15 is 0 Å². The second-order valence-electron chi connectivity index (χ2n) is 9.56. The van der Waals surface area contributed by atoms with Crippen LogP contribution in [0.2, 0.25) is 5.15 Å². The summed E-state index contributed by atoms with van der Waals surface area (Å²) < 4.78 is 49.7. The zero-order chi connectivity index (χ0) is 26.7. The number of hydrogen-bond donors (Lipinski definition) is 1. The molecule has 0 saturated carbocycles. The molecule has 0 bridgehead atoms. The van der Waals surface area contributed by atoms with Crippen molar-refractivity contribution in [2.24, 2.45) is 4.36 Å². The van der Waals surface area contributed by atoms with Crippen molar-refractivity contribution in [3.8, 4) is 0 Å². The lowest BCUT2D eigenvalue weighted by molar-refractivity contribution is -0.0102. The first kappa shape index (κ1) is 27.8. The zero-order valence-electron chi connectivity index (χ0n) is 20.5. The van der Waals surface area contributed by atoms with Crippen molar-refractivity contribution < 1.29 is 27.3 Å². The van der Waals surface area contributed by atoms with Crippen molar-refractivity contribution in [2.45, 2.75) is 56.5 Å². The Labute approximate surface area is 214 Å². The number of alkyl halides is 2. The maximum absolute atomic E-state index is 13.9. The summed E-state index contributed by atoms with van der Waals surface area (Å²) in [6, 6.07) is 9.05. The summed E-state index contributed by atoms with van der Waals surface area (Å²) in [6.45, 7) is 5.35. The van der Waals surface area contributed by atoms with Crippen LogP contribution in [0, 0.1) is 0 Å². The highest BCUT2D eigenvalue weighted by molar-refractivity contribution is 7.93. The van der Waals surface area contributed by atoms with Gasteiger partial charge in [-0.1, -0.05) is 17.7 Å². The quantitative estimate of drug-likeness (QED) is 0.475. The Hall–Kier alpha value is -2.79. The molecule has 2 aromatic rings. The van der Waals surface area contributed by atoms with Crippen molar-refractivity contribution in [3.63, 3.8) is 0 Å². The first-order chi connectivity index (χ1) is 16.7. The molecular weight excluding hydrogens is 514 g/mol. The fourth-order valence-electron chi connectivity index (χ4n) is 3.60. The second-order valence-corrected chi connectivity index (χ2v) is 12.2. The number of carbonyl (C=O) groups excluding carboxylic acids is 2. The highest BCUT2D eigenvalue weighted by Crippen LogP contribution is 2.31. The van der Waals surface area contributed by atoms with E-state index in [9.17, 15) is 22.6 Å². The van der Waals surface area contributed by atoms with Crippen LogP contribution < -0.4 is 10.2 Å². The number of hydrogen-bond acceptors (Lipinski definition) is 6. The molecule has 1 N–H and O–H groups in total. The van der Waals surface area contributed by atoms with Gasteiger partial charge in [-0.2, -0.15) is 0 Å². The van der Waals surface area contributed by atoms with Gasteiger partial charge < -0.3 is 15.0 Å². The van der Waals surface area contributed by atoms with E-state index in [2.05, 4.69) is 14.7 Å². The van der Waals surface area contributed by atoms with Crippen LogP contribution >= 0.6 is 11.6 Å². The number of benzene rings is 1. The van der Waals surface area contributed by atoms with E-state index in [0.717, 1.165) is 0 Å². The van der Waals surface area contributed by atoms with Crippen LogP contribution in [0.3, 0.4) is 0 Å². The van der Waals surface area contributed by atoms with Gasteiger partial charge in [0.25, 0.3) is 5.91 Å². The molecule has 1 aliphatic heterocycles. The lowest BCUT2D eigenvalue weighted by Gasteiger charge is -2.24. The lowest BCUT2D eigenvalue weighted by Crippen LogP contribution is -2.29. The smallest absolute Gasteiger partial charge is 0.442 e. The van der Waals surface area contributed by atoms with E-state index in [1.807, 2.05) is 0 Å². The van der Waals surface area contributed by atoms with Gasteiger partial charge in [-0.3, -0.25) is 4.79 Å². The number of pyridine rings is 1. The minimum absolute atomic E-state index is 0.0279. The molecule has 1 atom stereocenters. The Morgan fingerprint density at radius 2 is 1.92 bits per heavy atom. The van der Waals surface area contributed by atoms with Gasteiger partial charge >= 0.3 is 6.09 Å². The van der Waals surface area contributed by atoms with Crippen molar-refractivity contribution in [1.82, 2.24) is 4.98 Å². The van der Waals surface area contributed by atoms with E-state index in [-0.39, 0.29) is 47.2 Å². The van der Waals surface area contributed by atoms with Crippen LogP contribution in [-0.2, 0) is 14.5 Å². The molecule has 2 amide bonds. The number of halogens is 3. The molecule has 2 heterocycles. The summed E-state index contributed by atoms with van der Waals surface area (Å²) in [5, 5.41) is 2.85. The van der Waals surface area contributed by atoms with Gasteiger partial charge in [-0.05, 0) is 57.5 Å². The van der Waals surface area contributed by atoms with E-state index < -0.39 is 33.3 Å². The van der Waals surface area contributed by atoms with E-state index in [1.165, 1.54) is 30.5 Å². The molecule has 0 unspecified atom stereocenters. The largest absolute Gasteiger partial charge is 0.442 e. The third-order valence-corrected chi connectivity index (χ3v) is 7.11. The van der Waals surface area contributed by atoms with Crippen LogP contribution in [0.1, 0.15) is 50.4 Å². The third kappa shape index (κ3) is 7.60. The fraction of sp³-hybridized carbons (Fsp3) is 0.458. The van der Waals surface area contributed by atoms with Crippen LogP contribution in [0.15, 0.2) is 45.7 Å². The lowest BCUT2D eigenvalue weighted by atomic mass is 10.1. The highest BCUT2D eigenvalue weighted by atomic mass is 35.5. The normalized spacial score (nSPS) is 17.5. The molecule has 1 saturated heterocycles. The summed E-state index contributed by atoms with van der Waals surface area (Å²) >= 11 is 6.05. The van der Waals surface area contributed by atoms with Crippen molar-refractivity contribution >= 4 is 44.8 Å². The number of ether oxygens (including phenoxy) is 1. The van der Waals surface area contributed by atoms with Gasteiger partial charge in [0.1, 0.15) is 16.6 Å². The third-order valence-electron chi connectivity index (χ3n) is 5.27.